The first-order valence-electron chi connectivity index (χ1n) is 7.71. The SMILES string of the molecule is CC(C)N(CC(=O)O)C(=O)Cn1c(CS(C)(=O)=O)nc2ccccc21. The number of hydrogen-bond donors (Lipinski definition) is 1. The van der Waals surface area contributed by atoms with E-state index in [4.69, 9.17) is 5.11 Å². The predicted octanol–water partition coefficient (Wildman–Crippen LogP) is 0.903. The second-order valence-corrected chi connectivity index (χ2v) is 8.32. The molecule has 1 aromatic heterocycles. The Morgan fingerprint density at radius 2 is 1.92 bits per heavy atom. The number of sulfone groups is 1. The van der Waals surface area contributed by atoms with Crippen LogP contribution in [-0.4, -0.2) is 58.7 Å². The molecule has 2 rings (SSSR count). The molecule has 0 saturated carbocycles. The monoisotopic (exact) mass is 367 g/mol. The number of rotatable bonds is 7. The number of aliphatic carboxylic acids is 1. The largest absolute Gasteiger partial charge is 0.480 e. The Bertz CT molecular complexity index is 902. The summed E-state index contributed by atoms with van der Waals surface area (Å²) in [7, 11) is -3.34. The highest BCUT2D eigenvalue weighted by Crippen LogP contribution is 2.18. The summed E-state index contributed by atoms with van der Waals surface area (Å²) in [4.78, 5) is 29.2. The van der Waals surface area contributed by atoms with Crippen molar-refractivity contribution in [3.05, 3.63) is 30.1 Å². The number of nitrogens with zero attached hydrogens (tertiary/aromatic N) is 3. The summed E-state index contributed by atoms with van der Waals surface area (Å²) in [6.07, 6.45) is 1.10. The molecule has 1 heterocycles. The normalized spacial score (nSPS) is 11.8. The third kappa shape index (κ3) is 4.79. The molecule has 0 aliphatic carbocycles. The van der Waals surface area contributed by atoms with Gasteiger partial charge in [-0.3, -0.25) is 9.59 Å². The van der Waals surface area contributed by atoms with Crippen LogP contribution in [0.2, 0.25) is 0 Å². The first kappa shape index (κ1) is 18.9. The molecule has 0 aliphatic rings. The van der Waals surface area contributed by atoms with Crippen LogP contribution in [0.4, 0.5) is 0 Å². The summed E-state index contributed by atoms with van der Waals surface area (Å²) >= 11 is 0. The summed E-state index contributed by atoms with van der Waals surface area (Å²) in [6.45, 7) is 2.87. The van der Waals surface area contributed by atoms with Crippen molar-refractivity contribution in [1.29, 1.82) is 0 Å². The van der Waals surface area contributed by atoms with E-state index < -0.39 is 28.3 Å². The molecule has 1 N–H and O–H groups in total. The molecular formula is C16H21N3O5S. The molecule has 1 amide bonds. The van der Waals surface area contributed by atoms with Crippen LogP contribution in [-0.2, 0) is 31.7 Å². The molecule has 2 aromatic rings. The third-order valence-corrected chi connectivity index (χ3v) is 4.45. The van der Waals surface area contributed by atoms with E-state index in [1.165, 1.54) is 9.47 Å². The third-order valence-electron chi connectivity index (χ3n) is 3.67. The van der Waals surface area contributed by atoms with Gasteiger partial charge in [0.25, 0.3) is 0 Å². The smallest absolute Gasteiger partial charge is 0.323 e. The highest BCUT2D eigenvalue weighted by molar-refractivity contribution is 7.89. The Morgan fingerprint density at radius 3 is 2.48 bits per heavy atom. The van der Waals surface area contributed by atoms with Crippen molar-refractivity contribution in [2.24, 2.45) is 0 Å². The van der Waals surface area contributed by atoms with Gasteiger partial charge < -0.3 is 14.6 Å². The summed E-state index contributed by atoms with van der Waals surface area (Å²) in [5.74, 6) is -1.55. The molecule has 0 radical (unpaired) electrons. The molecule has 0 bridgehead atoms. The number of para-hydroxylation sites is 2. The van der Waals surface area contributed by atoms with Crippen LogP contribution in [0.3, 0.4) is 0 Å². The van der Waals surface area contributed by atoms with Crippen LogP contribution in [0.15, 0.2) is 24.3 Å². The maximum Gasteiger partial charge on any atom is 0.323 e. The summed E-state index contributed by atoms with van der Waals surface area (Å²) < 4.78 is 24.9. The molecule has 1 aromatic carbocycles. The molecule has 0 saturated heterocycles. The topological polar surface area (TPSA) is 110 Å². The van der Waals surface area contributed by atoms with Gasteiger partial charge in [-0.2, -0.15) is 0 Å². The number of carboxylic acid groups (broad SMARTS) is 1. The van der Waals surface area contributed by atoms with E-state index in [9.17, 15) is 18.0 Å². The number of carboxylic acids is 1. The molecule has 0 unspecified atom stereocenters. The van der Waals surface area contributed by atoms with Crippen molar-refractivity contribution in [3.8, 4) is 0 Å². The van der Waals surface area contributed by atoms with Crippen LogP contribution < -0.4 is 0 Å². The van der Waals surface area contributed by atoms with Crippen molar-refractivity contribution in [3.63, 3.8) is 0 Å². The lowest BCUT2D eigenvalue weighted by Crippen LogP contribution is -2.42. The molecule has 8 nitrogen and oxygen atoms in total. The lowest BCUT2D eigenvalue weighted by molar-refractivity contribution is -0.146. The van der Waals surface area contributed by atoms with Gasteiger partial charge in [0.05, 0.1) is 11.0 Å². The van der Waals surface area contributed by atoms with Gasteiger partial charge in [-0.25, -0.2) is 13.4 Å². The van der Waals surface area contributed by atoms with Crippen molar-refractivity contribution in [2.75, 3.05) is 12.8 Å². The first-order chi connectivity index (χ1) is 11.6. The molecule has 0 spiro atoms. The Morgan fingerprint density at radius 1 is 1.28 bits per heavy atom. The molecular weight excluding hydrogens is 346 g/mol. The first-order valence-corrected chi connectivity index (χ1v) is 9.77. The van der Waals surface area contributed by atoms with E-state index >= 15 is 0 Å². The van der Waals surface area contributed by atoms with Gasteiger partial charge in [0, 0.05) is 12.3 Å². The zero-order valence-electron chi connectivity index (χ0n) is 14.3. The minimum Gasteiger partial charge on any atom is -0.480 e. The second kappa shape index (κ2) is 7.22. The number of amides is 1. The lowest BCUT2D eigenvalue weighted by atomic mass is 10.3. The molecule has 136 valence electrons. The number of carbonyl (C=O) groups excluding carboxylic acids is 1. The Hall–Kier alpha value is -2.42. The maximum atomic E-state index is 12.6. The molecule has 25 heavy (non-hydrogen) atoms. The van der Waals surface area contributed by atoms with Gasteiger partial charge in [-0.1, -0.05) is 12.1 Å². The van der Waals surface area contributed by atoms with Crippen LogP contribution in [0, 0.1) is 0 Å². The van der Waals surface area contributed by atoms with E-state index in [0.29, 0.717) is 11.0 Å². The van der Waals surface area contributed by atoms with Gasteiger partial charge in [-0.15, -0.1) is 0 Å². The van der Waals surface area contributed by atoms with Gasteiger partial charge in [-0.05, 0) is 26.0 Å². The number of hydrogen-bond acceptors (Lipinski definition) is 5. The quantitative estimate of drug-likeness (QED) is 0.779. The van der Waals surface area contributed by atoms with E-state index in [2.05, 4.69) is 4.98 Å². The summed E-state index contributed by atoms with van der Waals surface area (Å²) in [6, 6.07) is 6.73. The van der Waals surface area contributed by atoms with Gasteiger partial charge >= 0.3 is 5.97 Å². The van der Waals surface area contributed by atoms with Crippen LogP contribution >= 0.6 is 0 Å². The highest BCUT2D eigenvalue weighted by atomic mass is 32.2. The van der Waals surface area contributed by atoms with E-state index in [1.54, 1.807) is 38.1 Å². The Kier molecular flexibility index (Phi) is 5.46. The van der Waals surface area contributed by atoms with Crippen LogP contribution in [0.5, 0.6) is 0 Å². The molecule has 9 heteroatoms. The standard InChI is InChI=1S/C16H21N3O5S/c1-11(2)18(9-16(21)22)15(20)8-19-13-7-5-4-6-12(13)17-14(19)10-25(3,23)24/h4-7,11H,8-10H2,1-3H3,(H,21,22). The predicted molar refractivity (Wildman–Crippen MR) is 92.8 cm³/mol. The maximum absolute atomic E-state index is 12.6. The molecule has 0 atom stereocenters. The summed E-state index contributed by atoms with van der Waals surface area (Å²) in [5.41, 5.74) is 1.22. The van der Waals surface area contributed by atoms with Gasteiger partial charge in [0.15, 0.2) is 9.84 Å². The number of carbonyl (C=O) groups is 2. The molecule has 0 aliphatic heterocycles. The lowest BCUT2D eigenvalue weighted by Gasteiger charge is -2.25. The Labute approximate surface area is 146 Å². The van der Waals surface area contributed by atoms with Crippen molar-refractivity contribution < 1.29 is 23.1 Å². The fourth-order valence-corrected chi connectivity index (χ4v) is 3.27. The fraction of sp³-hybridized carbons (Fsp3) is 0.438. The summed E-state index contributed by atoms with van der Waals surface area (Å²) in [5, 5.41) is 8.99. The van der Waals surface area contributed by atoms with E-state index in [1.807, 2.05) is 0 Å². The fourth-order valence-electron chi connectivity index (χ4n) is 2.58. The highest BCUT2D eigenvalue weighted by Gasteiger charge is 2.23. The zero-order valence-corrected chi connectivity index (χ0v) is 15.2. The number of fused-ring (bicyclic) bond motifs is 1. The minimum atomic E-state index is -3.34. The van der Waals surface area contributed by atoms with E-state index in [0.717, 1.165) is 6.26 Å². The van der Waals surface area contributed by atoms with Gasteiger partial charge in [0.2, 0.25) is 5.91 Å². The number of aromatic nitrogens is 2. The van der Waals surface area contributed by atoms with Crippen molar-refractivity contribution >= 4 is 32.7 Å². The Balaban J connectivity index is 2.43. The number of imidazole rings is 1. The van der Waals surface area contributed by atoms with Gasteiger partial charge in [0.1, 0.15) is 24.7 Å². The minimum absolute atomic E-state index is 0.170. The van der Waals surface area contributed by atoms with Crippen molar-refractivity contribution in [1.82, 2.24) is 14.5 Å². The zero-order chi connectivity index (χ0) is 18.8. The molecule has 0 fully saturated rings. The van der Waals surface area contributed by atoms with Crippen molar-refractivity contribution in [2.45, 2.75) is 32.2 Å². The van der Waals surface area contributed by atoms with E-state index in [-0.39, 0.29) is 24.2 Å². The van der Waals surface area contributed by atoms with Crippen LogP contribution in [0.1, 0.15) is 19.7 Å². The number of benzene rings is 1. The van der Waals surface area contributed by atoms with Crippen LogP contribution in [0.25, 0.3) is 11.0 Å². The average molecular weight is 367 g/mol. The second-order valence-electron chi connectivity index (χ2n) is 6.18. The average Bonchev–Trinajstić information content (AvgIpc) is 2.80.